The average Bonchev–Trinajstić information content (AvgIpc) is 2.51. The third kappa shape index (κ3) is 9.74. The molecule has 0 aromatic heterocycles. The summed E-state index contributed by atoms with van der Waals surface area (Å²) in [5.41, 5.74) is 6.99. The summed E-state index contributed by atoms with van der Waals surface area (Å²) in [5.74, 6) is 2.25. The number of hydrogen-bond donors (Lipinski definition) is 2. The Kier molecular flexibility index (Phi) is 12.0. The fourth-order valence-electron chi connectivity index (χ4n) is 1.85. The van der Waals surface area contributed by atoms with Crippen LogP contribution >= 0.6 is 24.2 Å². The molecule has 0 saturated carbocycles. The van der Waals surface area contributed by atoms with Crippen molar-refractivity contribution in [3.63, 3.8) is 0 Å². The summed E-state index contributed by atoms with van der Waals surface area (Å²) in [7, 11) is 0. The molecule has 4 nitrogen and oxygen atoms in total. The molecular weight excluding hydrogens is 332 g/mol. The lowest BCUT2D eigenvalue weighted by Crippen LogP contribution is -2.41. The van der Waals surface area contributed by atoms with Crippen molar-refractivity contribution in [2.75, 3.05) is 25.2 Å². The monoisotopic (exact) mass is 360 g/mol. The molecule has 0 unspecified atom stereocenters. The van der Waals surface area contributed by atoms with E-state index in [2.05, 4.69) is 19.2 Å². The van der Waals surface area contributed by atoms with Crippen molar-refractivity contribution in [1.82, 2.24) is 5.32 Å². The molecule has 1 amide bonds. The molecule has 1 atom stereocenters. The minimum Gasteiger partial charge on any atom is -0.493 e. The van der Waals surface area contributed by atoms with Gasteiger partial charge in [-0.3, -0.25) is 4.79 Å². The van der Waals surface area contributed by atoms with Crippen LogP contribution in [0.4, 0.5) is 0 Å². The molecule has 132 valence electrons. The molecule has 0 heterocycles. The maximum absolute atomic E-state index is 11.8. The van der Waals surface area contributed by atoms with Crippen LogP contribution in [-0.2, 0) is 11.2 Å². The van der Waals surface area contributed by atoms with Crippen LogP contribution in [0.3, 0.4) is 0 Å². The third-order valence-electron chi connectivity index (χ3n) is 3.19. The molecule has 0 aliphatic heterocycles. The molecule has 0 aliphatic carbocycles. The molecule has 0 aliphatic rings. The van der Waals surface area contributed by atoms with Gasteiger partial charge < -0.3 is 15.8 Å². The summed E-state index contributed by atoms with van der Waals surface area (Å²) in [6.07, 6.45) is 3.53. The minimum atomic E-state index is -0.403. The maximum atomic E-state index is 11.8. The Morgan fingerprint density at radius 2 is 1.96 bits per heavy atom. The van der Waals surface area contributed by atoms with Crippen molar-refractivity contribution in [2.45, 2.75) is 32.7 Å². The summed E-state index contributed by atoms with van der Waals surface area (Å²) >= 11 is 1.70. The Hall–Kier alpha value is -0.910. The van der Waals surface area contributed by atoms with Crippen molar-refractivity contribution in [3.05, 3.63) is 29.8 Å². The average molecular weight is 361 g/mol. The van der Waals surface area contributed by atoms with Crippen molar-refractivity contribution >= 4 is 30.1 Å². The number of ether oxygens (including phenoxy) is 1. The molecular formula is C17H29ClN2O2S. The van der Waals surface area contributed by atoms with E-state index in [0.29, 0.717) is 12.5 Å². The summed E-state index contributed by atoms with van der Waals surface area (Å²) in [6.45, 7) is 5.59. The van der Waals surface area contributed by atoms with Crippen molar-refractivity contribution < 1.29 is 9.53 Å². The predicted octanol–water partition coefficient (Wildman–Crippen LogP) is 2.88. The number of carbonyl (C=O) groups is 1. The number of nitrogens with two attached hydrogens (primary N) is 1. The van der Waals surface area contributed by atoms with Gasteiger partial charge in [0.1, 0.15) is 5.75 Å². The first kappa shape index (κ1) is 22.1. The van der Waals surface area contributed by atoms with E-state index in [4.69, 9.17) is 10.5 Å². The number of amides is 1. The lowest BCUT2D eigenvalue weighted by atomic mass is 10.1. The first-order valence-corrected chi connectivity index (χ1v) is 9.16. The first-order chi connectivity index (χ1) is 10.5. The number of nitrogens with one attached hydrogen (secondary N) is 1. The molecule has 0 fully saturated rings. The van der Waals surface area contributed by atoms with E-state index in [1.165, 1.54) is 5.56 Å². The van der Waals surface area contributed by atoms with Gasteiger partial charge in [0.2, 0.25) is 5.91 Å². The molecule has 3 N–H and O–H groups in total. The summed E-state index contributed by atoms with van der Waals surface area (Å²) in [6, 6.07) is 7.62. The van der Waals surface area contributed by atoms with Crippen molar-refractivity contribution in [2.24, 2.45) is 11.7 Å². The smallest absolute Gasteiger partial charge is 0.236 e. The molecule has 6 heteroatoms. The van der Waals surface area contributed by atoms with Gasteiger partial charge in [0, 0.05) is 6.54 Å². The van der Waals surface area contributed by atoms with Crippen molar-refractivity contribution in [1.29, 1.82) is 0 Å². The lowest BCUT2D eigenvalue weighted by molar-refractivity contribution is -0.122. The van der Waals surface area contributed by atoms with E-state index in [-0.39, 0.29) is 18.3 Å². The molecule has 0 saturated heterocycles. The van der Waals surface area contributed by atoms with Crippen LogP contribution < -0.4 is 15.8 Å². The highest BCUT2D eigenvalue weighted by atomic mass is 35.5. The third-order valence-corrected chi connectivity index (χ3v) is 3.83. The van der Waals surface area contributed by atoms with Gasteiger partial charge in [0.25, 0.3) is 0 Å². The van der Waals surface area contributed by atoms with Gasteiger partial charge in [-0.1, -0.05) is 26.0 Å². The highest BCUT2D eigenvalue weighted by molar-refractivity contribution is 7.98. The highest BCUT2D eigenvalue weighted by Gasteiger charge is 2.11. The van der Waals surface area contributed by atoms with E-state index >= 15 is 0 Å². The van der Waals surface area contributed by atoms with Gasteiger partial charge in [0.05, 0.1) is 12.6 Å². The Labute approximate surface area is 150 Å². The number of hydrogen-bond acceptors (Lipinski definition) is 4. The van der Waals surface area contributed by atoms with Crippen LogP contribution in [0.25, 0.3) is 0 Å². The quantitative estimate of drug-likeness (QED) is 0.673. The van der Waals surface area contributed by atoms with Crippen LogP contribution in [0.2, 0.25) is 0 Å². The second-order valence-corrected chi connectivity index (χ2v) is 6.76. The zero-order valence-corrected chi connectivity index (χ0v) is 15.8. The van der Waals surface area contributed by atoms with Crippen LogP contribution in [0, 0.1) is 5.92 Å². The van der Waals surface area contributed by atoms with Gasteiger partial charge in [-0.25, -0.2) is 0 Å². The van der Waals surface area contributed by atoms with E-state index < -0.39 is 6.04 Å². The number of benzene rings is 1. The largest absolute Gasteiger partial charge is 0.493 e. The van der Waals surface area contributed by atoms with Gasteiger partial charge in [0.15, 0.2) is 0 Å². The SMILES string of the molecule is CSCC[C@H](N)C(=O)NCCc1ccc(OCC(C)C)cc1.Cl. The first-order valence-electron chi connectivity index (χ1n) is 7.77. The predicted molar refractivity (Wildman–Crippen MR) is 102 cm³/mol. The summed E-state index contributed by atoms with van der Waals surface area (Å²) in [5, 5.41) is 2.89. The van der Waals surface area contributed by atoms with E-state index in [0.717, 1.165) is 31.0 Å². The lowest BCUT2D eigenvalue weighted by Gasteiger charge is -2.12. The van der Waals surface area contributed by atoms with E-state index in [1.54, 1.807) is 11.8 Å². The molecule has 0 radical (unpaired) electrons. The number of halogens is 1. The molecule has 1 aromatic carbocycles. The van der Waals surface area contributed by atoms with E-state index in [9.17, 15) is 4.79 Å². The molecule has 0 bridgehead atoms. The zero-order valence-electron chi connectivity index (χ0n) is 14.2. The van der Waals surface area contributed by atoms with Crippen LogP contribution in [0.1, 0.15) is 25.8 Å². The molecule has 1 aromatic rings. The van der Waals surface area contributed by atoms with Gasteiger partial charge >= 0.3 is 0 Å². The van der Waals surface area contributed by atoms with Crippen LogP contribution in [0.15, 0.2) is 24.3 Å². The highest BCUT2D eigenvalue weighted by Crippen LogP contribution is 2.13. The van der Waals surface area contributed by atoms with Gasteiger partial charge in [-0.15, -0.1) is 12.4 Å². The zero-order chi connectivity index (χ0) is 16.4. The van der Waals surface area contributed by atoms with Crippen LogP contribution in [0.5, 0.6) is 5.75 Å². The second kappa shape index (κ2) is 12.5. The van der Waals surface area contributed by atoms with E-state index in [1.807, 2.05) is 30.5 Å². The van der Waals surface area contributed by atoms with Gasteiger partial charge in [-0.05, 0) is 48.5 Å². The van der Waals surface area contributed by atoms with Crippen molar-refractivity contribution in [3.8, 4) is 5.75 Å². The number of carbonyl (C=O) groups excluding carboxylic acids is 1. The number of thioether (sulfide) groups is 1. The second-order valence-electron chi connectivity index (χ2n) is 5.78. The summed E-state index contributed by atoms with van der Waals surface area (Å²) in [4.78, 5) is 11.8. The molecule has 23 heavy (non-hydrogen) atoms. The van der Waals surface area contributed by atoms with Crippen LogP contribution in [-0.4, -0.2) is 37.1 Å². The Balaban J connectivity index is 0.00000484. The van der Waals surface area contributed by atoms with Gasteiger partial charge in [-0.2, -0.15) is 11.8 Å². The normalized spacial score (nSPS) is 11.7. The number of rotatable bonds is 10. The minimum absolute atomic E-state index is 0. The molecule has 0 spiro atoms. The summed E-state index contributed by atoms with van der Waals surface area (Å²) < 4.78 is 5.65. The fraction of sp³-hybridized carbons (Fsp3) is 0.588. The topological polar surface area (TPSA) is 64.4 Å². The standard InChI is InChI=1S/C17H28N2O2S.ClH/c1-13(2)12-21-15-6-4-14(5-7-15)8-10-19-17(20)16(18)9-11-22-3;/h4-7,13,16H,8-12,18H2,1-3H3,(H,19,20);1H/t16-;/m0./s1. The molecule has 1 rings (SSSR count). The Morgan fingerprint density at radius 3 is 2.52 bits per heavy atom. The maximum Gasteiger partial charge on any atom is 0.236 e. The Bertz CT molecular complexity index is 441. The Morgan fingerprint density at radius 1 is 1.30 bits per heavy atom. The fourth-order valence-corrected chi connectivity index (χ4v) is 2.34.